The van der Waals surface area contributed by atoms with Gasteiger partial charge in [0.25, 0.3) is 5.91 Å². The van der Waals surface area contributed by atoms with E-state index in [1.807, 2.05) is 12.1 Å². The quantitative estimate of drug-likeness (QED) is 0.371. The summed E-state index contributed by atoms with van der Waals surface area (Å²) < 4.78 is 18.0. The maximum atomic E-state index is 13.1. The van der Waals surface area contributed by atoms with Gasteiger partial charge in [-0.3, -0.25) is 29.6 Å². The van der Waals surface area contributed by atoms with Crippen LogP contribution >= 0.6 is 0 Å². The number of aromatic nitrogens is 1. The molecule has 0 bridgehead atoms. The van der Waals surface area contributed by atoms with Gasteiger partial charge in [-0.15, -0.1) is 0 Å². The lowest BCUT2D eigenvalue weighted by Gasteiger charge is -2.35. The summed E-state index contributed by atoms with van der Waals surface area (Å²) in [4.78, 5) is 46.1. The SMILES string of the molecule is COC[C@@H]1CN(Cc2ccc3nc([C@H]4CCOC(C)(C)C4)ccc3c2)C[C@H]1Oc1ccc2c(c1)CN([C@H]1CCC(=O)NC1=O)C2=O. The Kier molecular flexibility index (Phi) is 8.29. The van der Waals surface area contributed by atoms with Gasteiger partial charge in [-0.1, -0.05) is 12.1 Å². The van der Waals surface area contributed by atoms with Crippen LogP contribution in [0.5, 0.6) is 5.75 Å². The Morgan fingerprint density at radius 2 is 1.91 bits per heavy atom. The molecule has 46 heavy (non-hydrogen) atoms. The number of ether oxygens (including phenoxy) is 3. The normalized spacial score (nSPS) is 26.4. The highest BCUT2D eigenvalue weighted by Gasteiger charge is 2.40. The van der Waals surface area contributed by atoms with Crippen molar-refractivity contribution in [1.82, 2.24) is 20.1 Å². The van der Waals surface area contributed by atoms with Crippen LogP contribution in [0.3, 0.4) is 0 Å². The second-order valence-corrected chi connectivity index (χ2v) is 13.8. The molecule has 2 aromatic carbocycles. The van der Waals surface area contributed by atoms with Crippen molar-refractivity contribution < 1.29 is 28.6 Å². The van der Waals surface area contributed by atoms with E-state index in [1.165, 1.54) is 5.56 Å². The van der Waals surface area contributed by atoms with E-state index >= 15 is 0 Å². The second-order valence-electron chi connectivity index (χ2n) is 13.8. The molecule has 7 rings (SSSR count). The fourth-order valence-electron chi connectivity index (χ4n) is 7.62. The van der Waals surface area contributed by atoms with E-state index in [9.17, 15) is 14.4 Å². The minimum absolute atomic E-state index is 0.0743. The molecule has 3 aromatic rings. The molecule has 4 aliphatic heterocycles. The topological polar surface area (TPSA) is 110 Å². The molecule has 0 unspecified atom stereocenters. The average Bonchev–Trinajstić information content (AvgIpc) is 3.55. The van der Waals surface area contributed by atoms with Crippen LogP contribution in [-0.4, -0.2) is 83.7 Å². The van der Waals surface area contributed by atoms with Gasteiger partial charge in [-0.2, -0.15) is 0 Å². The standard InChI is InChI=1S/C36H42N4O6/c1-36(2)16-24(12-13-45-36)30-9-5-23-14-22(4-8-29(23)37-30)17-39-18-26(21-44-3)32(20-39)46-27-6-7-28-25(15-27)19-40(35(28)43)31-10-11-33(41)38-34(31)42/h4-9,14-15,24,26,31-32H,10-13,16-21H2,1-3H3,(H,38,41,42)/t24-,26-,31-,32+/m0/s1. The highest BCUT2D eigenvalue weighted by molar-refractivity contribution is 6.05. The minimum Gasteiger partial charge on any atom is -0.489 e. The Morgan fingerprint density at radius 1 is 1.04 bits per heavy atom. The minimum atomic E-state index is -0.635. The van der Waals surface area contributed by atoms with Crippen LogP contribution in [0, 0.1) is 5.92 Å². The predicted molar refractivity (Wildman–Crippen MR) is 171 cm³/mol. The number of hydrogen-bond donors (Lipinski definition) is 1. The summed E-state index contributed by atoms with van der Waals surface area (Å²) in [6.07, 6.45) is 2.49. The van der Waals surface area contributed by atoms with E-state index in [0.29, 0.717) is 36.8 Å². The molecule has 242 valence electrons. The van der Waals surface area contributed by atoms with E-state index in [2.05, 4.69) is 54.4 Å². The molecule has 3 saturated heterocycles. The summed E-state index contributed by atoms with van der Waals surface area (Å²) in [6.45, 7) is 8.39. The van der Waals surface area contributed by atoms with Gasteiger partial charge >= 0.3 is 0 Å². The Bertz CT molecular complexity index is 1670. The molecule has 0 radical (unpaired) electrons. The number of piperidine rings is 1. The summed E-state index contributed by atoms with van der Waals surface area (Å²) in [5, 5.41) is 3.50. The first-order valence-corrected chi connectivity index (χ1v) is 16.3. The predicted octanol–water partition coefficient (Wildman–Crippen LogP) is 4.19. The molecule has 0 spiro atoms. The highest BCUT2D eigenvalue weighted by Crippen LogP contribution is 2.36. The lowest BCUT2D eigenvalue weighted by atomic mass is 9.86. The van der Waals surface area contributed by atoms with Gasteiger partial charge in [0.15, 0.2) is 0 Å². The molecule has 10 nitrogen and oxygen atoms in total. The molecule has 0 aliphatic carbocycles. The summed E-state index contributed by atoms with van der Waals surface area (Å²) >= 11 is 0. The third-order valence-corrected chi connectivity index (χ3v) is 9.92. The molecule has 0 saturated carbocycles. The molecule has 3 amide bonds. The van der Waals surface area contributed by atoms with Gasteiger partial charge in [-0.25, -0.2) is 0 Å². The van der Waals surface area contributed by atoms with Crippen LogP contribution in [-0.2, 0) is 32.2 Å². The summed E-state index contributed by atoms with van der Waals surface area (Å²) in [6, 6.07) is 15.8. The Hall–Kier alpha value is -3.86. The first-order chi connectivity index (χ1) is 22.2. The number of hydrogen-bond acceptors (Lipinski definition) is 8. The van der Waals surface area contributed by atoms with Crippen LogP contribution < -0.4 is 10.1 Å². The van der Waals surface area contributed by atoms with Crippen LogP contribution in [0.4, 0.5) is 0 Å². The smallest absolute Gasteiger partial charge is 0.255 e. The largest absolute Gasteiger partial charge is 0.489 e. The van der Waals surface area contributed by atoms with Crippen molar-refractivity contribution in [2.24, 2.45) is 5.92 Å². The van der Waals surface area contributed by atoms with Gasteiger partial charge in [0.2, 0.25) is 11.8 Å². The van der Waals surface area contributed by atoms with E-state index in [4.69, 9.17) is 19.2 Å². The van der Waals surface area contributed by atoms with Crippen LogP contribution in [0.1, 0.15) is 72.6 Å². The number of nitrogens with one attached hydrogen (secondary N) is 1. The van der Waals surface area contributed by atoms with Gasteiger partial charge < -0.3 is 19.1 Å². The molecule has 1 N–H and O–H groups in total. The number of fused-ring (bicyclic) bond motifs is 2. The molecule has 1 aromatic heterocycles. The summed E-state index contributed by atoms with van der Waals surface area (Å²) in [5.41, 5.74) is 4.71. The third-order valence-electron chi connectivity index (χ3n) is 9.92. The van der Waals surface area contributed by atoms with Crippen LogP contribution in [0.2, 0.25) is 0 Å². The lowest BCUT2D eigenvalue weighted by molar-refractivity contribution is -0.136. The Labute approximate surface area is 269 Å². The van der Waals surface area contributed by atoms with E-state index in [-0.39, 0.29) is 35.9 Å². The zero-order valence-electron chi connectivity index (χ0n) is 26.8. The summed E-state index contributed by atoms with van der Waals surface area (Å²) in [7, 11) is 1.72. The summed E-state index contributed by atoms with van der Waals surface area (Å²) in [5.74, 6) is 0.420. The van der Waals surface area contributed by atoms with E-state index in [1.54, 1.807) is 18.1 Å². The molecular formula is C36H42N4O6. The zero-order chi connectivity index (χ0) is 32.0. The lowest BCUT2D eigenvalue weighted by Crippen LogP contribution is -2.52. The Balaban J connectivity index is 1.01. The zero-order valence-corrected chi connectivity index (χ0v) is 26.8. The molecule has 4 aliphatic rings. The Morgan fingerprint density at radius 3 is 2.72 bits per heavy atom. The van der Waals surface area contributed by atoms with Crippen molar-refractivity contribution in [3.8, 4) is 5.75 Å². The maximum Gasteiger partial charge on any atom is 0.255 e. The molecule has 5 heterocycles. The van der Waals surface area contributed by atoms with Gasteiger partial charge in [0.1, 0.15) is 17.9 Å². The highest BCUT2D eigenvalue weighted by atomic mass is 16.5. The number of benzene rings is 2. The van der Waals surface area contributed by atoms with E-state index in [0.717, 1.165) is 61.2 Å². The number of rotatable bonds is 8. The van der Waals surface area contributed by atoms with Crippen molar-refractivity contribution in [1.29, 1.82) is 0 Å². The number of likely N-dealkylation sites (tertiary alicyclic amines) is 1. The van der Waals surface area contributed by atoms with Gasteiger partial charge in [-0.05, 0) is 80.6 Å². The number of pyridine rings is 1. The number of imide groups is 1. The first kappa shape index (κ1) is 30.8. The third kappa shape index (κ3) is 6.26. The first-order valence-electron chi connectivity index (χ1n) is 16.3. The van der Waals surface area contributed by atoms with Crippen LogP contribution in [0.15, 0.2) is 48.5 Å². The number of amides is 3. The van der Waals surface area contributed by atoms with Crippen molar-refractivity contribution in [2.45, 2.75) is 76.3 Å². The van der Waals surface area contributed by atoms with Crippen molar-refractivity contribution >= 4 is 28.6 Å². The van der Waals surface area contributed by atoms with Crippen LogP contribution in [0.25, 0.3) is 10.9 Å². The molecule has 3 fully saturated rings. The maximum absolute atomic E-state index is 13.1. The molecule has 10 heteroatoms. The second kappa shape index (κ2) is 12.4. The van der Waals surface area contributed by atoms with Gasteiger partial charge in [0.05, 0.1) is 17.7 Å². The average molecular weight is 627 g/mol. The molecule has 4 atom stereocenters. The fraction of sp³-hybridized carbons (Fsp3) is 0.500. The molecular weight excluding hydrogens is 584 g/mol. The number of nitrogens with zero attached hydrogens (tertiary/aromatic N) is 3. The fourth-order valence-corrected chi connectivity index (χ4v) is 7.62. The number of carbonyl (C=O) groups excluding carboxylic acids is 3. The monoisotopic (exact) mass is 626 g/mol. The van der Waals surface area contributed by atoms with E-state index < -0.39 is 11.9 Å². The van der Waals surface area contributed by atoms with Crippen molar-refractivity contribution in [2.75, 3.05) is 33.4 Å². The van der Waals surface area contributed by atoms with Gasteiger partial charge in [0, 0.05) is 74.8 Å². The number of methoxy groups -OCH3 is 1. The van der Waals surface area contributed by atoms with Crippen molar-refractivity contribution in [3.05, 3.63) is 70.9 Å². The number of carbonyl (C=O) groups is 3. The van der Waals surface area contributed by atoms with Crippen molar-refractivity contribution in [3.63, 3.8) is 0 Å².